The number of imidazole rings is 1. The molecule has 1 saturated carbocycles. The summed E-state index contributed by atoms with van der Waals surface area (Å²) in [5.74, 6) is 0.683. The molecule has 102 valence electrons. The summed E-state index contributed by atoms with van der Waals surface area (Å²) in [7, 11) is 0. The van der Waals surface area contributed by atoms with Crippen LogP contribution in [0.5, 0.6) is 0 Å². The van der Waals surface area contributed by atoms with E-state index >= 15 is 0 Å². The van der Waals surface area contributed by atoms with Gasteiger partial charge in [-0.1, -0.05) is 18.5 Å². The first-order chi connectivity index (χ1) is 9.08. The fraction of sp³-hybridized carbons (Fsp3) is 0.500. The smallest absolute Gasteiger partial charge is 0.144 e. The van der Waals surface area contributed by atoms with Gasteiger partial charge in [0.1, 0.15) is 11.6 Å². The molecule has 0 atom stereocenters. The van der Waals surface area contributed by atoms with Crippen molar-refractivity contribution in [3.63, 3.8) is 0 Å². The molecule has 1 aliphatic carbocycles. The molecule has 0 saturated heterocycles. The molecule has 1 fully saturated rings. The Labute approximate surface area is 121 Å². The highest BCUT2D eigenvalue weighted by molar-refractivity contribution is 6.31. The maximum Gasteiger partial charge on any atom is 0.144 e. The van der Waals surface area contributed by atoms with E-state index in [1.165, 1.54) is 18.9 Å². The summed E-state index contributed by atoms with van der Waals surface area (Å²) < 4.78 is 15.6. The highest BCUT2D eigenvalue weighted by atomic mass is 35.5. The van der Waals surface area contributed by atoms with E-state index in [9.17, 15) is 4.39 Å². The number of hydrogen-bond acceptors (Lipinski definition) is 1. The topological polar surface area (TPSA) is 17.8 Å². The average Bonchev–Trinajstić information content (AvgIpc) is 3.10. The Bertz CT molecular complexity index is 632. The molecule has 3 rings (SSSR count). The van der Waals surface area contributed by atoms with Gasteiger partial charge in [0.25, 0.3) is 0 Å². The van der Waals surface area contributed by atoms with Gasteiger partial charge in [0, 0.05) is 12.6 Å². The van der Waals surface area contributed by atoms with Crippen molar-refractivity contribution in [2.24, 2.45) is 5.41 Å². The van der Waals surface area contributed by atoms with Crippen molar-refractivity contribution in [1.82, 2.24) is 9.55 Å². The highest BCUT2D eigenvalue weighted by Gasteiger charge is 2.41. The normalized spacial score (nSPS) is 17.1. The lowest BCUT2D eigenvalue weighted by Gasteiger charge is -2.16. The van der Waals surface area contributed by atoms with Crippen molar-refractivity contribution in [2.75, 3.05) is 0 Å². The van der Waals surface area contributed by atoms with Crippen LogP contribution in [-0.2, 0) is 12.4 Å². The summed E-state index contributed by atoms with van der Waals surface area (Å²) in [5, 5.41) is 0.135. The Morgan fingerprint density at radius 3 is 2.74 bits per heavy atom. The van der Waals surface area contributed by atoms with Crippen molar-refractivity contribution in [1.29, 1.82) is 0 Å². The Hall–Kier alpha value is -0.800. The van der Waals surface area contributed by atoms with E-state index in [2.05, 4.69) is 16.5 Å². The summed E-state index contributed by atoms with van der Waals surface area (Å²) in [6, 6.07) is 3.04. The number of fused-ring (bicyclic) bond motifs is 1. The van der Waals surface area contributed by atoms with E-state index in [4.69, 9.17) is 23.2 Å². The van der Waals surface area contributed by atoms with Crippen molar-refractivity contribution >= 4 is 34.2 Å². The molecule has 1 aliphatic rings. The van der Waals surface area contributed by atoms with Gasteiger partial charge in [-0.15, -0.1) is 11.6 Å². The van der Waals surface area contributed by atoms with E-state index in [1.54, 1.807) is 6.07 Å². The Morgan fingerprint density at radius 2 is 2.16 bits per heavy atom. The number of rotatable bonds is 4. The zero-order valence-electron chi connectivity index (χ0n) is 10.7. The van der Waals surface area contributed by atoms with Gasteiger partial charge in [0.2, 0.25) is 0 Å². The van der Waals surface area contributed by atoms with Crippen LogP contribution >= 0.6 is 23.2 Å². The molecule has 1 aromatic heterocycles. The number of benzene rings is 1. The quantitative estimate of drug-likeness (QED) is 0.745. The molecule has 0 aliphatic heterocycles. The van der Waals surface area contributed by atoms with Gasteiger partial charge in [-0.25, -0.2) is 9.37 Å². The molecule has 19 heavy (non-hydrogen) atoms. The fourth-order valence-electron chi connectivity index (χ4n) is 2.58. The molecule has 0 unspecified atom stereocenters. The fourth-order valence-corrected chi connectivity index (χ4v) is 2.95. The van der Waals surface area contributed by atoms with E-state index < -0.39 is 5.82 Å². The van der Waals surface area contributed by atoms with Crippen LogP contribution in [0.4, 0.5) is 4.39 Å². The van der Waals surface area contributed by atoms with Gasteiger partial charge in [-0.05, 0) is 30.7 Å². The minimum Gasteiger partial charge on any atom is -0.326 e. The second-order valence-corrected chi connectivity index (χ2v) is 6.03. The van der Waals surface area contributed by atoms with Crippen LogP contribution in [0.25, 0.3) is 11.0 Å². The second kappa shape index (κ2) is 4.64. The van der Waals surface area contributed by atoms with Crippen LogP contribution in [0.15, 0.2) is 12.1 Å². The SMILES string of the molecule is CCC1(Cn2c(CCl)nc3cc(F)c(Cl)cc32)CC1. The molecular formula is C14H15Cl2FN2. The summed E-state index contributed by atoms with van der Waals surface area (Å²) in [4.78, 5) is 4.41. The highest BCUT2D eigenvalue weighted by Crippen LogP contribution is 2.50. The maximum atomic E-state index is 13.5. The molecule has 2 nitrogen and oxygen atoms in total. The molecule has 1 heterocycles. The third-order valence-corrected chi connectivity index (χ3v) is 4.72. The van der Waals surface area contributed by atoms with Crippen LogP contribution in [0.1, 0.15) is 32.0 Å². The number of alkyl halides is 1. The number of nitrogens with zero attached hydrogens (tertiary/aromatic N) is 2. The third-order valence-electron chi connectivity index (χ3n) is 4.19. The first kappa shape index (κ1) is 13.2. The summed E-state index contributed by atoms with van der Waals surface area (Å²) >= 11 is 11.8. The lowest BCUT2D eigenvalue weighted by Crippen LogP contribution is -2.12. The number of hydrogen-bond donors (Lipinski definition) is 0. The maximum absolute atomic E-state index is 13.5. The Balaban J connectivity index is 2.12. The van der Waals surface area contributed by atoms with Gasteiger partial charge in [0.15, 0.2) is 0 Å². The van der Waals surface area contributed by atoms with Gasteiger partial charge in [0.05, 0.1) is 21.9 Å². The second-order valence-electron chi connectivity index (χ2n) is 5.36. The summed E-state index contributed by atoms with van der Waals surface area (Å²) in [6.45, 7) is 3.10. The molecule has 0 amide bonds. The molecule has 0 radical (unpaired) electrons. The predicted molar refractivity (Wildman–Crippen MR) is 76.2 cm³/mol. The van der Waals surface area contributed by atoms with Crippen molar-refractivity contribution in [3.8, 4) is 0 Å². The van der Waals surface area contributed by atoms with E-state index in [0.29, 0.717) is 16.8 Å². The zero-order chi connectivity index (χ0) is 13.6. The van der Waals surface area contributed by atoms with Crippen LogP contribution in [-0.4, -0.2) is 9.55 Å². The molecule has 0 bridgehead atoms. The number of aromatic nitrogens is 2. The lowest BCUT2D eigenvalue weighted by molar-refractivity contribution is 0.410. The van der Waals surface area contributed by atoms with Crippen LogP contribution in [0, 0.1) is 11.2 Å². The van der Waals surface area contributed by atoms with E-state index in [-0.39, 0.29) is 5.02 Å². The molecule has 5 heteroatoms. The first-order valence-electron chi connectivity index (χ1n) is 6.49. The van der Waals surface area contributed by atoms with Gasteiger partial charge < -0.3 is 4.57 Å². The predicted octanol–water partition coefficient (Wildman–Crippen LogP) is 4.76. The lowest BCUT2D eigenvalue weighted by atomic mass is 10.0. The van der Waals surface area contributed by atoms with Crippen molar-refractivity contribution in [3.05, 3.63) is 28.8 Å². The standard InChI is InChI=1S/C14H15Cl2FN2/c1-2-14(3-4-14)8-19-12-5-9(16)10(17)6-11(12)18-13(19)7-15/h5-6H,2-4,7-8H2,1H3. The largest absolute Gasteiger partial charge is 0.326 e. The van der Waals surface area contributed by atoms with Crippen molar-refractivity contribution < 1.29 is 4.39 Å². The van der Waals surface area contributed by atoms with E-state index in [0.717, 1.165) is 24.3 Å². The monoisotopic (exact) mass is 300 g/mol. The Morgan fingerprint density at radius 1 is 1.42 bits per heavy atom. The van der Waals surface area contributed by atoms with Crippen LogP contribution in [0.2, 0.25) is 5.02 Å². The minimum atomic E-state index is -0.434. The summed E-state index contributed by atoms with van der Waals surface area (Å²) in [5.41, 5.74) is 1.88. The van der Waals surface area contributed by atoms with Crippen LogP contribution in [0.3, 0.4) is 0 Å². The summed E-state index contributed by atoms with van der Waals surface area (Å²) in [6.07, 6.45) is 3.61. The van der Waals surface area contributed by atoms with Crippen molar-refractivity contribution in [2.45, 2.75) is 38.6 Å². The zero-order valence-corrected chi connectivity index (χ0v) is 12.2. The average molecular weight is 301 g/mol. The van der Waals surface area contributed by atoms with Gasteiger partial charge >= 0.3 is 0 Å². The first-order valence-corrected chi connectivity index (χ1v) is 7.40. The molecule has 1 aromatic carbocycles. The Kier molecular flexibility index (Phi) is 3.22. The van der Waals surface area contributed by atoms with E-state index in [1.807, 2.05) is 0 Å². The van der Waals surface area contributed by atoms with Crippen LogP contribution < -0.4 is 0 Å². The molecular weight excluding hydrogens is 286 g/mol. The van der Waals surface area contributed by atoms with Gasteiger partial charge in [-0.2, -0.15) is 0 Å². The van der Waals surface area contributed by atoms with Gasteiger partial charge in [-0.3, -0.25) is 0 Å². The minimum absolute atomic E-state index is 0.135. The molecule has 0 spiro atoms. The molecule has 2 aromatic rings. The third kappa shape index (κ3) is 2.23. The number of halogens is 3. The molecule has 0 N–H and O–H groups in total.